The van der Waals surface area contributed by atoms with Gasteiger partial charge in [-0.25, -0.2) is 4.79 Å². The van der Waals surface area contributed by atoms with Crippen molar-refractivity contribution in [1.29, 1.82) is 5.41 Å². The number of carbonyl (C=O) groups excluding carboxylic acids is 2. The minimum Gasteiger partial charge on any atom is -0.478 e. The molecule has 0 radical (unpaired) electrons. The van der Waals surface area contributed by atoms with Gasteiger partial charge in [-0.2, -0.15) is 0 Å². The van der Waals surface area contributed by atoms with Gasteiger partial charge in [-0.15, -0.1) is 0 Å². The van der Waals surface area contributed by atoms with Crippen LogP contribution < -0.4 is 16.4 Å². The smallest absolute Gasteiger partial charge is 0.336 e. The predicted molar refractivity (Wildman–Crippen MR) is 129 cm³/mol. The molecule has 3 rings (SSSR count). The highest BCUT2D eigenvalue weighted by Gasteiger charge is 2.21. The van der Waals surface area contributed by atoms with Crippen LogP contribution in [-0.2, 0) is 0 Å². The Labute approximate surface area is 196 Å². The van der Waals surface area contributed by atoms with Crippen molar-refractivity contribution in [3.05, 3.63) is 83.2 Å². The second-order valence-electron chi connectivity index (χ2n) is 8.01. The van der Waals surface area contributed by atoms with Gasteiger partial charge in [0, 0.05) is 35.1 Å². The minimum absolute atomic E-state index is 0.0256. The molecule has 0 aliphatic rings. The molecule has 3 aromatic rings. The standard InChI is InChI=1S/C25H25N5O4/c1-14(2)13-29-23(31)16-7-10-18(20(12-16)25(33)34)19-4-3-11-28-21(19)24(32)30-17-8-5-15(6-9-17)22(26)27/h3-12,14H,13H2,1-2H3,(H3,26,27)(H,29,31)(H,30,32)(H,33,34). The van der Waals surface area contributed by atoms with E-state index in [4.69, 9.17) is 11.1 Å². The van der Waals surface area contributed by atoms with Crippen LogP contribution in [0.3, 0.4) is 0 Å². The van der Waals surface area contributed by atoms with Crippen LogP contribution in [0.25, 0.3) is 11.1 Å². The third-order valence-corrected chi connectivity index (χ3v) is 4.95. The van der Waals surface area contributed by atoms with E-state index in [1.54, 1.807) is 36.4 Å². The molecule has 2 amide bonds. The molecule has 174 valence electrons. The third kappa shape index (κ3) is 5.63. The van der Waals surface area contributed by atoms with Gasteiger partial charge in [-0.1, -0.05) is 26.0 Å². The molecule has 9 heteroatoms. The number of benzene rings is 2. The maximum atomic E-state index is 13.0. The predicted octanol–water partition coefficient (Wildman–Crippen LogP) is 3.37. The van der Waals surface area contributed by atoms with Crippen molar-refractivity contribution in [2.45, 2.75) is 13.8 Å². The molecule has 0 saturated carbocycles. The Morgan fingerprint density at radius 2 is 1.68 bits per heavy atom. The summed E-state index contributed by atoms with van der Waals surface area (Å²) in [5.74, 6) is -1.99. The number of nitrogens with one attached hydrogen (secondary N) is 3. The van der Waals surface area contributed by atoms with Crippen LogP contribution in [0.1, 0.15) is 50.6 Å². The van der Waals surface area contributed by atoms with Crippen LogP contribution in [0.5, 0.6) is 0 Å². The number of nitrogens with two attached hydrogens (primary N) is 1. The Hall–Kier alpha value is -4.53. The average molecular weight is 460 g/mol. The molecule has 6 N–H and O–H groups in total. The summed E-state index contributed by atoms with van der Waals surface area (Å²) in [5, 5.41) is 22.7. The zero-order valence-corrected chi connectivity index (χ0v) is 18.8. The molecule has 1 heterocycles. The molecule has 0 spiro atoms. The number of amides is 2. The monoisotopic (exact) mass is 459 g/mol. The van der Waals surface area contributed by atoms with Crippen LogP contribution in [0.2, 0.25) is 0 Å². The summed E-state index contributed by atoms with van der Waals surface area (Å²) in [6.07, 6.45) is 1.44. The van der Waals surface area contributed by atoms with Crippen molar-refractivity contribution in [2.75, 3.05) is 11.9 Å². The van der Waals surface area contributed by atoms with Crippen molar-refractivity contribution in [2.24, 2.45) is 11.7 Å². The first kappa shape index (κ1) is 24.1. The van der Waals surface area contributed by atoms with Gasteiger partial charge in [0.05, 0.1) is 5.56 Å². The Kier molecular flexibility index (Phi) is 7.37. The number of aromatic carboxylic acids is 1. The van der Waals surface area contributed by atoms with Gasteiger partial charge in [-0.3, -0.25) is 20.0 Å². The van der Waals surface area contributed by atoms with Crippen molar-refractivity contribution in [1.82, 2.24) is 10.3 Å². The minimum atomic E-state index is -1.23. The number of carbonyl (C=O) groups is 3. The highest BCUT2D eigenvalue weighted by molar-refractivity contribution is 6.09. The summed E-state index contributed by atoms with van der Waals surface area (Å²) in [7, 11) is 0. The lowest BCUT2D eigenvalue weighted by molar-refractivity contribution is 0.0697. The zero-order valence-electron chi connectivity index (χ0n) is 18.8. The van der Waals surface area contributed by atoms with E-state index in [-0.39, 0.29) is 40.0 Å². The Balaban J connectivity index is 1.94. The van der Waals surface area contributed by atoms with Crippen molar-refractivity contribution in [3.8, 4) is 11.1 Å². The van der Waals surface area contributed by atoms with E-state index in [0.717, 1.165) is 0 Å². The second kappa shape index (κ2) is 10.4. The molecule has 1 aromatic heterocycles. The normalized spacial score (nSPS) is 10.6. The fourth-order valence-electron chi connectivity index (χ4n) is 3.22. The first-order valence-electron chi connectivity index (χ1n) is 10.5. The highest BCUT2D eigenvalue weighted by atomic mass is 16.4. The Bertz CT molecular complexity index is 1250. The number of anilines is 1. The molecular formula is C25H25N5O4. The van der Waals surface area contributed by atoms with Gasteiger partial charge < -0.3 is 21.5 Å². The second-order valence-corrected chi connectivity index (χ2v) is 8.01. The maximum absolute atomic E-state index is 13.0. The quantitative estimate of drug-likeness (QED) is 0.257. The highest BCUT2D eigenvalue weighted by Crippen LogP contribution is 2.28. The number of amidine groups is 1. The zero-order chi connectivity index (χ0) is 24.8. The first-order valence-corrected chi connectivity index (χ1v) is 10.5. The molecule has 34 heavy (non-hydrogen) atoms. The third-order valence-electron chi connectivity index (χ3n) is 4.95. The van der Waals surface area contributed by atoms with Gasteiger partial charge in [-0.05, 0) is 53.9 Å². The molecule has 0 bridgehead atoms. The van der Waals surface area contributed by atoms with Crippen LogP contribution in [0, 0.1) is 11.3 Å². The number of carboxylic acid groups (broad SMARTS) is 1. The molecule has 0 atom stereocenters. The fraction of sp³-hybridized carbons (Fsp3) is 0.160. The van der Waals surface area contributed by atoms with Crippen LogP contribution in [0.4, 0.5) is 5.69 Å². The number of nitrogen functional groups attached to an aromatic ring is 1. The number of carboxylic acids is 1. The van der Waals surface area contributed by atoms with E-state index in [2.05, 4.69) is 15.6 Å². The number of hydrogen-bond acceptors (Lipinski definition) is 5. The van der Waals surface area contributed by atoms with E-state index in [1.807, 2.05) is 13.8 Å². The van der Waals surface area contributed by atoms with Gasteiger partial charge in [0.2, 0.25) is 0 Å². The lowest BCUT2D eigenvalue weighted by Gasteiger charge is -2.13. The van der Waals surface area contributed by atoms with Crippen molar-refractivity contribution in [3.63, 3.8) is 0 Å². The summed E-state index contributed by atoms with van der Waals surface area (Å²) in [6.45, 7) is 4.38. The largest absolute Gasteiger partial charge is 0.478 e. The summed E-state index contributed by atoms with van der Waals surface area (Å²) in [6, 6.07) is 13.9. The Morgan fingerprint density at radius 3 is 2.29 bits per heavy atom. The number of pyridine rings is 1. The number of rotatable bonds is 8. The van der Waals surface area contributed by atoms with Gasteiger partial charge in [0.15, 0.2) is 0 Å². The molecule has 0 unspecified atom stereocenters. The number of aromatic nitrogens is 1. The van der Waals surface area contributed by atoms with Crippen LogP contribution >= 0.6 is 0 Å². The van der Waals surface area contributed by atoms with Crippen molar-refractivity contribution >= 4 is 29.3 Å². The summed E-state index contributed by atoms with van der Waals surface area (Å²) in [5.41, 5.74) is 7.12. The van der Waals surface area contributed by atoms with Crippen LogP contribution in [0.15, 0.2) is 60.8 Å². The lowest BCUT2D eigenvalue weighted by atomic mass is 9.95. The average Bonchev–Trinajstić information content (AvgIpc) is 2.82. The summed E-state index contributed by atoms with van der Waals surface area (Å²) >= 11 is 0. The van der Waals surface area contributed by atoms with Gasteiger partial charge in [0.25, 0.3) is 11.8 Å². The molecule has 0 aliphatic heterocycles. The Morgan fingerprint density at radius 1 is 1.00 bits per heavy atom. The number of nitrogens with zero attached hydrogens (tertiary/aromatic N) is 1. The number of hydrogen-bond donors (Lipinski definition) is 5. The molecule has 0 aliphatic carbocycles. The molecule has 2 aromatic carbocycles. The van der Waals surface area contributed by atoms with E-state index < -0.39 is 11.9 Å². The van der Waals surface area contributed by atoms with Gasteiger partial charge >= 0.3 is 5.97 Å². The van der Waals surface area contributed by atoms with E-state index in [9.17, 15) is 19.5 Å². The van der Waals surface area contributed by atoms with Gasteiger partial charge in [0.1, 0.15) is 11.5 Å². The lowest BCUT2D eigenvalue weighted by Crippen LogP contribution is -2.27. The summed E-state index contributed by atoms with van der Waals surface area (Å²) < 4.78 is 0. The molecule has 0 fully saturated rings. The van der Waals surface area contributed by atoms with E-state index >= 15 is 0 Å². The molecule has 0 saturated heterocycles. The maximum Gasteiger partial charge on any atom is 0.336 e. The first-order chi connectivity index (χ1) is 16.2. The molecule has 9 nitrogen and oxygen atoms in total. The SMILES string of the molecule is CC(C)CNC(=O)c1ccc(-c2cccnc2C(=O)Nc2ccc(C(=N)N)cc2)c(C(=O)O)c1. The van der Waals surface area contributed by atoms with E-state index in [1.165, 1.54) is 24.4 Å². The van der Waals surface area contributed by atoms with E-state index in [0.29, 0.717) is 23.4 Å². The summed E-state index contributed by atoms with van der Waals surface area (Å²) in [4.78, 5) is 41.6. The molecular weight excluding hydrogens is 434 g/mol. The fourth-order valence-corrected chi connectivity index (χ4v) is 3.22. The van der Waals surface area contributed by atoms with Crippen molar-refractivity contribution < 1.29 is 19.5 Å². The van der Waals surface area contributed by atoms with Crippen LogP contribution in [-0.4, -0.2) is 40.3 Å². The topological polar surface area (TPSA) is 158 Å².